The first kappa shape index (κ1) is 24.0. The largest absolute Gasteiger partial charge is 0.305 e. The second kappa shape index (κ2) is 10.1. The summed E-state index contributed by atoms with van der Waals surface area (Å²) in [5.41, 5.74) is 4.10. The number of anilines is 1. The Morgan fingerprint density at radius 3 is 1.89 bits per heavy atom. The number of nitrogens with zero attached hydrogens (tertiary/aromatic N) is 2. The predicted molar refractivity (Wildman–Crippen MR) is 142 cm³/mol. The van der Waals surface area contributed by atoms with Crippen LogP contribution in [0.4, 0.5) is 5.69 Å². The van der Waals surface area contributed by atoms with Gasteiger partial charge in [0.25, 0.3) is 5.91 Å². The molecule has 4 aromatic carbocycles. The maximum absolute atomic E-state index is 13.9. The summed E-state index contributed by atoms with van der Waals surface area (Å²) >= 11 is 0. The van der Waals surface area contributed by atoms with Crippen molar-refractivity contribution in [1.29, 1.82) is 0 Å². The molecule has 182 valence electrons. The van der Waals surface area contributed by atoms with Crippen molar-refractivity contribution in [2.75, 3.05) is 4.90 Å². The molecule has 6 heteroatoms. The number of hydrogen-bond acceptors (Lipinski definition) is 3. The number of hydrogen-bond donors (Lipinski definition) is 0. The molecule has 0 fully saturated rings. The van der Waals surface area contributed by atoms with Crippen LogP contribution in [0.25, 0.3) is 0 Å². The molecular weight excluding hydrogens is 468 g/mol. The molecule has 0 spiro atoms. The summed E-state index contributed by atoms with van der Waals surface area (Å²) in [4.78, 5) is 15.2. The molecule has 5 rings (SSSR count). The zero-order valence-electron chi connectivity index (χ0n) is 20.1. The Bertz CT molecular complexity index is 1410. The third-order valence-corrected chi connectivity index (χ3v) is 8.34. The number of amides is 1. The summed E-state index contributed by atoms with van der Waals surface area (Å²) in [6.07, 6.45) is 0.606. The first-order valence-electron chi connectivity index (χ1n) is 12.0. The van der Waals surface area contributed by atoms with Crippen molar-refractivity contribution < 1.29 is 13.2 Å². The summed E-state index contributed by atoms with van der Waals surface area (Å²) in [6, 6.07) is 33.5. The monoisotopic (exact) mass is 496 g/mol. The van der Waals surface area contributed by atoms with E-state index in [1.165, 1.54) is 4.31 Å². The van der Waals surface area contributed by atoms with Crippen molar-refractivity contribution in [2.45, 2.75) is 37.4 Å². The molecule has 0 aromatic heterocycles. The fourth-order valence-electron chi connectivity index (χ4n) is 4.75. The van der Waals surface area contributed by atoms with Gasteiger partial charge in [-0.3, -0.25) is 4.79 Å². The minimum Gasteiger partial charge on any atom is -0.305 e. The lowest BCUT2D eigenvalue weighted by Crippen LogP contribution is -2.35. The topological polar surface area (TPSA) is 57.7 Å². The first-order chi connectivity index (χ1) is 17.4. The number of carbonyl (C=O) groups is 1. The highest BCUT2D eigenvalue weighted by atomic mass is 32.2. The second-order valence-electron chi connectivity index (χ2n) is 9.13. The number of benzene rings is 4. The molecule has 0 unspecified atom stereocenters. The van der Waals surface area contributed by atoms with Gasteiger partial charge >= 0.3 is 0 Å². The van der Waals surface area contributed by atoms with Crippen LogP contribution in [-0.4, -0.2) is 24.7 Å². The van der Waals surface area contributed by atoms with Crippen LogP contribution >= 0.6 is 0 Å². The highest BCUT2D eigenvalue weighted by Crippen LogP contribution is 2.36. The summed E-state index contributed by atoms with van der Waals surface area (Å²) in [6.45, 7) is 2.53. The SMILES string of the molecule is C[C@H]1Cc2cc(S(=O)(=O)N(Cc3ccccc3)Cc3ccccc3)ccc2N1C(=O)c1ccccc1. The van der Waals surface area contributed by atoms with Gasteiger partial charge in [-0.1, -0.05) is 78.9 Å². The van der Waals surface area contributed by atoms with E-state index in [1.54, 1.807) is 35.2 Å². The first-order valence-corrected chi connectivity index (χ1v) is 13.5. The van der Waals surface area contributed by atoms with Crippen LogP contribution in [0, 0.1) is 0 Å². The quantitative estimate of drug-likeness (QED) is 0.331. The van der Waals surface area contributed by atoms with Gasteiger partial charge < -0.3 is 4.90 Å². The summed E-state index contributed by atoms with van der Waals surface area (Å²) in [5.74, 6) is -0.0766. The van der Waals surface area contributed by atoms with Crippen LogP contribution in [0.1, 0.15) is 34.0 Å². The number of carbonyl (C=O) groups excluding carboxylic acids is 1. The lowest BCUT2D eigenvalue weighted by atomic mass is 10.1. The molecule has 4 aromatic rings. The van der Waals surface area contributed by atoms with Crippen molar-refractivity contribution in [2.24, 2.45) is 0 Å². The highest BCUT2D eigenvalue weighted by molar-refractivity contribution is 7.89. The second-order valence-corrected chi connectivity index (χ2v) is 11.1. The Morgan fingerprint density at radius 2 is 1.33 bits per heavy atom. The van der Waals surface area contributed by atoms with Gasteiger partial charge in [-0.25, -0.2) is 8.42 Å². The van der Waals surface area contributed by atoms with Gasteiger partial charge in [0, 0.05) is 30.4 Å². The maximum Gasteiger partial charge on any atom is 0.258 e. The molecule has 1 amide bonds. The third-order valence-electron chi connectivity index (χ3n) is 6.55. The van der Waals surface area contributed by atoms with Crippen LogP contribution in [-0.2, 0) is 29.5 Å². The standard InChI is InChI=1S/C30H28N2O3S/c1-23-19-27-20-28(17-18-29(27)32(23)30(33)26-15-9-4-10-16-26)36(34,35)31(21-24-11-5-2-6-12-24)22-25-13-7-3-8-14-25/h2-18,20,23H,19,21-22H2,1H3/t23-/m0/s1. The van der Waals surface area contributed by atoms with Crippen molar-refractivity contribution >= 4 is 21.6 Å². The zero-order chi connectivity index (χ0) is 25.1. The van der Waals surface area contributed by atoms with Gasteiger partial charge in [0.05, 0.1) is 4.90 Å². The molecule has 36 heavy (non-hydrogen) atoms. The molecule has 1 aliphatic heterocycles. The van der Waals surface area contributed by atoms with E-state index in [4.69, 9.17) is 0 Å². The predicted octanol–water partition coefficient (Wildman–Crippen LogP) is 5.67. The van der Waals surface area contributed by atoms with Crippen LogP contribution < -0.4 is 4.90 Å². The van der Waals surface area contributed by atoms with Gasteiger partial charge in [-0.05, 0) is 60.4 Å². The molecule has 0 saturated carbocycles. The maximum atomic E-state index is 13.9. The smallest absolute Gasteiger partial charge is 0.258 e. The fraction of sp³-hybridized carbons (Fsp3) is 0.167. The zero-order valence-corrected chi connectivity index (χ0v) is 20.9. The van der Waals surface area contributed by atoms with Crippen LogP contribution in [0.3, 0.4) is 0 Å². The Hall–Kier alpha value is -3.74. The minimum atomic E-state index is -3.80. The number of rotatable bonds is 7. The van der Waals surface area contributed by atoms with E-state index in [2.05, 4.69) is 0 Å². The minimum absolute atomic E-state index is 0.0598. The Balaban J connectivity index is 1.48. The molecule has 5 nitrogen and oxygen atoms in total. The molecule has 1 heterocycles. The lowest BCUT2D eigenvalue weighted by molar-refractivity contribution is 0.0981. The van der Waals surface area contributed by atoms with Crippen molar-refractivity contribution in [3.63, 3.8) is 0 Å². The van der Waals surface area contributed by atoms with Crippen LogP contribution in [0.15, 0.2) is 114 Å². The van der Waals surface area contributed by atoms with E-state index < -0.39 is 10.0 Å². The van der Waals surface area contributed by atoms with E-state index in [9.17, 15) is 13.2 Å². The van der Waals surface area contributed by atoms with E-state index in [0.717, 1.165) is 22.4 Å². The highest BCUT2D eigenvalue weighted by Gasteiger charge is 2.33. The van der Waals surface area contributed by atoms with E-state index >= 15 is 0 Å². The van der Waals surface area contributed by atoms with Gasteiger partial charge in [0.15, 0.2) is 0 Å². The van der Waals surface area contributed by atoms with Gasteiger partial charge in [-0.15, -0.1) is 0 Å². The fourth-order valence-corrected chi connectivity index (χ4v) is 6.21. The molecule has 0 bridgehead atoms. The Labute approximate surface area is 212 Å². The van der Waals surface area contributed by atoms with Gasteiger partial charge in [0.2, 0.25) is 10.0 Å². The van der Waals surface area contributed by atoms with Crippen LogP contribution in [0.2, 0.25) is 0 Å². The van der Waals surface area contributed by atoms with E-state index in [-0.39, 0.29) is 29.9 Å². The lowest BCUT2D eigenvalue weighted by Gasteiger charge is -2.24. The van der Waals surface area contributed by atoms with Gasteiger partial charge in [0.1, 0.15) is 0 Å². The van der Waals surface area contributed by atoms with E-state index in [1.807, 2.05) is 85.8 Å². The van der Waals surface area contributed by atoms with Crippen molar-refractivity contribution in [3.8, 4) is 0 Å². The number of sulfonamides is 1. The van der Waals surface area contributed by atoms with Gasteiger partial charge in [-0.2, -0.15) is 4.31 Å². The summed E-state index contributed by atoms with van der Waals surface area (Å²) in [7, 11) is -3.80. The van der Waals surface area contributed by atoms with E-state index in [0.29, 0.717) is 12.0 Å². The molecule has 0 N–H and O–H groups in total. The summed E-state index contributed by atoms with van der Waals surface area (Å²) < 4.78 is 29.3. The molecule has 1 atom stereocenters. The molecule has 0 aliphatic carbocycles. The van der Waals surface area contributed by atoms with Crippen LogP contribution in [0.5, 0.6) is 0 Å². The van der Waals surface area contributed by atoms with Crippen molar-refractivity contribution in [1.82, 2.24) is 4.31 Å². The van der Waals surface area contributed by atoms with Crippen molar-refractivity contribution in [3.05, 3.63) is 131 Å². The molecule has 1 aliphatic rings. The third kappa shape index (κ3) is 4.83. The molecule has 0 saturated heterocycles. The Morgan fingerprint density at radius 1 is 0.806 bits per heavy atom. The normalized spacial score (nSPS) is 15.2. The average molecular weight is 497 g/mol. The average Bonchev–Trinajstić information content (AvgIpc) is 3.24. The molecule has 0 radical (unpaired) electrons. The number of fused-ring (bicyclic) bond motifs is 1. The summed E-state index contributed by atoms with van der Waals surface area (Å²) in [5, 5.41) is 0. The molecular formula is C30H28N2O3S. The Kier molecular flexibility index (Phi) is 6.72.